The molecule has 1 aromatic carbocycles. The van der Waals surface area contributed by atoms with Gasteiger partial charge in [0.05, 0.1) is 0 Å². The number of hydrogen-bond acceptors (Lipinski definition) is 2. The normalized spacial score (nSPS) is 13.9. The molecule has 0 saturated carbocycles. The summed E-state index contributed by atoms with van der Waals surface area (Å²) in [6.07, 6.45) is 7.37. The largest absolute Gasteiger partial charge is 0.388 e. The Balaban J connectivity index is 1.86. The quantitative estimate of drug-likeness (QED) is 0.871. The van der Waals surface area contributed by atoms with Crippen LogP contribution in [0.4, 0.5) is 0 Å². The second-order valence-electron chi connectivity index (χ2n) is 4.59. The summed E-state index contributed by atoms with van der Waals surface area (Å²) < 4.78 is 2.00. The average molecular weight is 228 g/mol. The molecule has 1 aliphatic rings. The van der Waals surface area contributed by atoms with Crippen molar-refractivity contribution in [2.45, 2.75) is 32.4 Å². The zero-order chi connectivity index (χ0) is 11.7. The molecule has 3 rings (SSSR count). The summed E-state index contributed by atoms with van der Waals surface area (Å²) in [6.45, 7) is 0.793. The monoisotopic (exact) mass is 228 g/mol. The van der Waals surface area contributed by atoms with Gasteiger partial charge in [0.15, 0.2) is 0 Å². The number of aliphatic hydroxyl groups excluding tert-OH is 1. The number of hydrogen-bond donors (Lipinski definition) is 1. The maximum Gasteiger partial charge on any atom is 0.134 e. The molecule has 88 valence electrons. The molecule has 1 aromatic heterocycles. The van der Waals surface area contributed by atoms with Crippen molar-refractivity contribution in [3.05, 3.63) is 53.1 Å². The highest BCUT2D eigenvalue weighted by Gasteiger charge is 2.11. The highest BCUT2D eigenvalue weighted by Crippen LogP contribution is 2.23. The predicted octanol–water partition coefficient (Wildman–Crippen LogP) is 1.91. The molecule has 0 aliphatic heterocycles. The van der Waals surface area contributed by atoms with E-state index in [9.17, 15) is 0 Å². The smallest absolute Gasteiger partial charge is 0.134 e. The molecule has 1 N–H and O–H groups in total. The van der Waals surface area contributed by atoms with E-state index in [0.717, 1.165) is 12.4 Å². The van der Waals surface area contributed by atoms with E-state index in [1.54, 1.807) is 6.20 Å². The Morgan fingerprint density at radius 3 is 3.00 bits per heavy atom. The Hall–Kier alpha value is -1.61. The fourth-order valence-corrected chi connectivity index (χ4v) is 2.56. The summed E-state index contributed by atoms with van der Waals surface area (Å²) in [4.78, 5) is 4.12. The van der Waals surface area contributed by atoms with Gasteiger partial charge in [0.25, 0.3) is 0 Å². The van der Waals surface area contributed by atoms with Crippen molar-refractivity contribution < 1.29 is 5.11 Å². The topological polar surface area (TPSA) is 38.1 Å². The third-order valence-electron chi connectivity index (χ3n) is 3.46. The number of benzene rings is 1. The van der Waals surface area contributed by atoms with Gasteiger partial charge < -0.3 is 9.67 Å². The maximum atomic E-state index is 9.16. The summed E-state index contributed by atoms with van der Waals surface area (Å²) in [7, 11) is 0. The van der Waals surface area contributed by atoms with Gasteiger partial charge in [-0.15, -0.1) is 0 Å². The zero-order valence-electron chi connectivity index (χ0n) is 9.76. The van der Waals surface area contributed by atoms with Crippen LogP contribution < -0.4 is 0 Å². The number of fused-ring (bicyclic) bond motifs is 1. The first-order chi connectivity index (χ1) is 8.36. The van der Waals surface area contributed by atoms with Crippen LogP contribution in [0.25, 0.3) is 0 Å². The first-order valence-corrected chi connectivity index (χ1v) is 6.08. The second kappa shape index (κ2) is 4.34. The molecule has 0 bridgehead atoms. The van der Waals surface area contributed by atoms with Gasteiger partial charge in [-0.25, -0.2) is 4.98 Å². The molecule has 1 aliphatic carbocycles. The predicted molar refractivity (Wildman–Crippen MR) is 65.7 cm³/mol. The van der Waals surface area contributed by atoms with E-state index >= 15 is 0 Å². The summed E-state index contributed by atoms with van der Waals surface area (Å²) in [5.74, 6) is 0.727. The molecule has 3 heteroatoms. The van der Waals surface area contributed by atoms with E-state index in [1.807, 2.05) is 10.8 Å². The van der Waals surface area contributed by atoms with Crippen LogP contribution in [0.15, 0.2) is 30.6 Å². The van der Waals surface area contributed by atoms with E-state index in [-0.39, 0.29) is 6.61 Å². The minimum Gasteiger partial charge on any atom is -0.388 e. The number of nitrogens with zero attached hydrogens (tertiary/aromatic N) is 2. The van der Waals surface area contributed by atoms with E-state index in [4.69, 9.17) is 5.11 Å². The van der Waals surface area contributed by atoms with Gasteiger partial charge in [-0.3, -0.25) is 0 Å². The first-order valence-electron chi connectivity index (χ1n) is 6.08. The molecule has 0 fully saturated rings. The molecular formula is C14H16N2O. The Morgan fingerprint density at radius 1 is 1.24 bits per heavy atom. The van der Waals surface area contributed by atoms with Crippen LogP contribution in [-0.4, -0.2) is 14.7 Å². The Morgan fingerprint density at radius 2 is 2.12 bits per heavy atom. The van der Waals surface area contributed by atoms with Crippen LogP contribution >= 0.6 is 0 Å². The van der Waals surface area contributed by atoms with Crippen LogP contribution in [0.1, 0.15) is 28.9 Å². The number of aryl methyl sites for hydroxylation is 2. The van der Waals surface area contributed by atoms with Crippen molar-refractivity contribution in [2.75, 3.05) is 0 Å². The van der Waals surface area contributed by atoms with E-state index in [2.05, 4.69) is 23.2 Å². The number of aliphatic hydroxyl groups is 1. The Kier molecular flexibility index (Phi) is 2.69. The third-order valence-corrected chi connectivity index (χ3v) is 3.46. The van der Waals surface area contributed by atoms with Crippen molar-refractivity contribution in [1.82, 2.24) is 9.55 Å². The van der Waals surface area contributed by atoms with Gasteiger partial charge in [-0.05, 0) is 36.0 Å². The minimum atomic E-state index is -0.00204. The Bertz CT molecular complexity index is 531. The van der Waals surface area contributed by atoms with E-state index in [1.165, 1.54) is 36.0 Å². The van der Waals surface area contributed by atoms with Gasteiger partial charge in [0.2, 0.25) is 0 Å². The highest BCUT2D eigenvalue weighted by molar-refractivity contribution is 5.35. The standard InChI is InChI=1S/C14H16N2O/c17-10-14-15-6-7-16(14)9-11-4-5-12-2-1-3-13(12)8-11/h4-8,17H,1-3,9-10H2. The van der Waals surface area contributed by atoms with Gasteiger partial charge in [-0.1, -0.05) is 18.2 Å². The number of aromatic nitrogens is 2. The van der Waals surface area contributed by atoms with Crippen molar-refractivity contribution in [3.8, 4) is 0 Å². The lowest BCUT2D eigenvalue weighted by molar-refractivity contribution is 0.266. The van der Waals surface area contributed by atoms with E-state index in [0.29, 0.717) is 0 Å². The van der Waals surface area contributed by atoms with Crippen LogP contribution in [-0.2, 0) is 26.0 Å². The second-order valence-corrected chi connectivity index (χ2v) is 4.59. The summed E-state index contributed by atoms with van der Waals surface area (Å²) >= 11 is 0. The van der Waals surface area contributed by atoms with Crippen molar-refractivity contribution in [3.63, 3.8) is 0 Å². The lowest BCUT2D eigenvalue weighted by Crippen LogP contribution is -2.04. The molecular weight excluding hydrogens is 212 g/mol. The van der Waals surface area contributed by atoms with E-state index < -0.39 is 0 Å². The average Bonchev–Trinajstić information content (AvgIpc) is 2.96. The van der Waals surface area contributed by atoms with Gasteiger partial charge in [-0.2, -0.15) is 0 Å². The summed E-state index contributed by atoms with van der Waals surface area (Å²) in [5, 5.41) is 9.16. The molecule has 0 saturated heterocycles. The van der Waals surface area contributed by atoms with Crippen molar-refractivity contribution in [2.24, 2.45) is 0 Å². The molecule has 0 spiro atoms. The molecule has 1 heterocycles. The lowest BCUT2D eigenvalue weighted by Gasteiger charge is -2.08. The van der Waals surface area contributed by atoms with Gasteiger partial charge in [0, 0.05) is 18.9 Å². The third kappa shape index (κ3) is 1.98. The van der Waals surface area contributed by atoms with Crippen LogP contribution in [0.2, 0.25) is 0 Å². The molecule has 0 amide bonds. The maximum absolute atomic E-state index is 9.16. The molecule has 17 heavy (non-hydrogen) atoms. The van der Waals surface area contributed by atoms with Crippen molar-refractivity contribution >= 4 is 0 Å². The van der Waals surface area contributed by atoms with Crippen LogP contribution in [0.5, 0.6) is 0 Å². The molecule has 0 unspecified atom stereocenters. The highest BCUT2D eigenvalue weighted by atomic mass is 16.3. The van der Waals surface area contributed by atoms with Crippen molar-refractivity contribution in [1.29, 1.82) is 0 Å². The number of rotatable bonds is 3. The summed E-state index contributed by atoms with van der Waals surface area (Å²) in [6, 6.07) is 6.72. The lowest BCUT2D eigenvalue weighted by atomic mass is 10.1. The Labute approximate surface area is 101 Å². The molecule has 3 nitrogen and oxygen atoms in total. The molecule has 0 atom stereocenters. The zero-order valence-corrected chi connectivity index (χ0v) is 9.76. The van der Waals surface area contributed by atoms with Crippen LogP contribution in [0.3, 0.4) is 0 Å². The number of imidazole rings is 1. The molecule has 2 aromatic rings. The SMILES string of the molecule is OCc1nccn1Cc1ccc2c(c1)CCC2. The fourth-order valence-electron chi connectivity index (χ4n) is 2.56. The van der Waals surface area contributed by atoms with Gasteiger partial charge in [0.1, 0.15) is 12.4 Å². The summed E-state index contributed by atoms with van der Waals surface area (Å²) in [5.41, 5.74) is 4.29. The minimum absolute atomic E-state index is 0.00204. The molecule has 0 radical (unpaired) electrons. The van der Waals surface area contributed by atoms with Gasteiger partial charge >= 0.3 is 0 Å². The fraction of sp³-hybridized carbons (Fsp3) is 0.357. The van der Waals surface area contributed by atoms with Crippen LogP contribution in [0, 0.1) is 0 Å². The first kappa shape index (κ1) is 10.5.